The van der Waals surface area contributed by atoms with Gasteiger partial charge in [-0.25, -0.2) is 0 Å². The molecule has 1 N–H and O–H groups in total. The molecule has 1 saturated heterocycles. The number of hydrogen-bond acceptors (Lipinski definition) is 4. The van der Waals surface area contributed by atoms with Crippen molar-refractivity contribution in [1.29, 1.82) is 0 Å². The number of likely N-dealkylation sites (tertiary alicyclic amines) is 1. The molecule has 0 spiro atoms. The minimum absolute atomic E-state index is 0.00448. The van der Waals surface area contributed by atoms with Crippen molar-refractivity contribution in [1.82, 2.24) is 4.90 Å². The Morgan fingerprint density at radius 3 is 2.83 bits per heavy atom. The number of aliphatic carboxylic acids is 1. The molecule has 2 atom stereocenters. The maximum atomic E-state index is 11.3. The fraction of sp³-hybridized carbons (Fsp3) is 0.389. The van der Waals surface area contributed by atoms with E-state index < -0.39 is 5.97 Å². The van der Waals surface area contributed by atoms with Gasteiger partial charge in [-0.2, -0.15) is 0 Å². The molecule has 0 amide bonds. The van der Waals surface area contributed by atoms with Crippen LogP contribution in [0.2, 0.25) is 0 Å². The first-order valence-electron chi connectivity index (χ1n) is 7.92. The predicted octanol–water partition coefficient (Wildman–Crippen LogP) is 3.76. The SMILES string of the molecule is C[C@@H]1[C@H](C(=O)O)CCCN1Cc1ccc(Oc2ccccc2)o1. The van der Waals surface area contributed by atoms with Gasteiger partial charge in [-0.15, -0.1) is 0 Å². The van der Waals surface area contributed by atoms with Crippen LogP contribution < -0.4 is 4.74 Å². The summed E-state index contributed by atoms with van der Waals surface area (Å²) in [6, 6.07) is 13.2. The second-order valence-corrected chi connectivity index (χ2v) is 5.93. The van der Waals surface area contributed by atoms with Gasteiger partial charge < -0.3 is 14.3 Å². The highest BCUT2D eigenvalue weighted by atomic mass is 16.6. The highest BCUT2D eigenvalue weighted by Gasteiger charge is 2.33. The molecule has 122 valence electrons. The summed E-state index contributed by atoms with van der Waals surface area (Å²) < 4.78 is 11.4. The molecule has 0 saturated carbocycles. The zero-order chi connectivity index (χ0) is 16.2. The number of carbonyl (C=O) groups is 1. The lowest BCUT2D eigenvalue weighted by molar-refractivity contribution is -0.145. The van der Waals surface area contributed by atoms with E-state index in [0.29, 0.717) is 12.5 Å². The molecule has 1 aliphatic heterocycles. The average Bonchev–Trinajstić information content (AvgIpc) is 2.97. The van der Waals surface area contributed by atoms with Crippen LogP contribution in [0.5, 0.6) is 11.7 Å². The van der Waals surface area contributed by atoms with E-state index in [4.69, 9.17) is 9.15 Å². The normalized spacial score (nSPS) is 22.0. The molecule has 23 heavy (non-hydrogen) atoms. The first-order chi connectivity index (χ1) is 11.1. The van der Waals surface area contributed by atoms with E-state index in [1.807, 2.05) is 43.3 Å². The molecule has 2 aromatic rings. The third-order valence-corrected chi connectivity index (χ3v) is 4.39. The van der Waals surface area contributed by atoms with Gasteiger partial charge in [0.25, 0.3) is 5.95 Å². The van der Waals surface area contributed by atoms with Crippen LogP contribution in [-0.4, -0.2) is 28.6 Å². The van der Waals surface area contributed by atoms with E-state index in [2.05, 4.69) is 4.90 Å². The molecular weight excluding hydrogens is 294 g/mol. The molecule has 3 rings (SSSR count). The van der Waals surface area contributed by atoms with E-state index >= 15 is 0 Å². The van der Waals surface area contributed by atoms with Gasteiger partial charge in [0.05, 0.1) is 12.5 Å². The Bertz CT molecular complexity index is 652. The Hall–Kier alpha value is -2.27. The second kappa shape index (κ2) is 6.87. The molecule has 1 fully saturated rings. The Morgan fingerprint density at radius 1 is 1.30 bits per heavy atom. The number of nitrogens with zero attached hydrogens (tertiary/aromatic N) is 1. The maximum absolute atomic E-state index is 11.3. The molecule has 0 radical (unpaired) electrons. The number of benzene rings is 1. The van der Waals surface area contributed by atoms with E-state index in [9.17, 15) is 9.90 Å². The monoisotopic (exact) mass is 315 g/mol. The molecule has 1 aliphatic rings. The molecule has 5 nitrogen and oxygen atoms in total. The topological polar surface area (TPSA) is 62.9 Å². The lowest BCUT2D eigenvalue weighted by Gasteiger charge is -2.36. The fourth-order valence-corrected chi connectivity index (χ4v) is 3.07. The standard InChI is InChI=1S/C18H21NO4/c1-13-16(18(20)21)8-5-11-19(13)12-15-9-10-17(23-15)22-14-6-3-2-4-7-14/h2-4,6-7,9-10,13,16H,5,8,11-12H2,1H3,(H,20,21)/t13-,16-/m1/s1. The number of rotatable bonds is 5. The number of hydrogen-bond donors (Lipinski definition) is 1. The number of ether oxygens (including phenoxy) is 1. The molecule has 0 bridgehead atoms. The number of carboxylic acid groups (broad SMARTS) is 1. The summed E-state index contributed by atoms with van der Waals surface area (Å²) in [6.45, 7) is 3.46. The summed E-state index contributed by atoms with van der Waals surface area (Å²) in [5, 5.41) is 9.29. The van der Waals surface area contributed by atoms with E-state index in [1.54, 1.807) is 6.07 Å². The lowest BCUT2D eigenvalue weighted by Crippen LogP contribution is -2.45. The summed E-state index contributed by atoms with van der Waals surface area (Å²) in [6.07, 6.45) is 1.64. The minimum atomic E-state index is -0.713. The number of para-hydroxylation sites is 1. The predicted molar refractivity (Wildman–Crippen MR) is 85.5 cm³/mol. The molecule has 2 heterocycles. The lowest BCUT2D eigenvalue weighted by atomic mass is 9.90. The van der Waals surface area contributed by atoms with Gasteiger partial charge in [0.1, 0.15) is 11.5 Å². The van der Waals surface area contributed by atoms with Crippen LogP contribution in [0.25, 0.3) is 0 Å². The van der Waals surface area contributed by atoms with Crippen molar-refractivity contribution in [3.63, 3.8) is 0 Å². The van der Waals surface area contributed by atoms with Gasteiger partial charge in [0, 0.05) is 12.1 Å². The zero-order valence-electron chi connectivity index (χ0n) is 13.1. The summed E-state index contributed by atoms with van der Waals surface area (Å²) in [4.78, 5) is 13.5. The zero-order valence-corrected chi connectivity index (χ0v) is 13.1. The summed E-state index contributed by atoms with van der Waals surface area (Å²) >= 11 is 0. The summed E-state index contributed by atoms with van der Waals surface area (Å²) in [7, 11) is 0. The van der Waals surface area contributed by atoms with Crippen LogP contribution in [0.1, 0.15) is 25.5 Å². The van der Waals surface area contributed by atoms with Crippen LogP contribution in [0, 0.1) is 5.92 Å². The third kappa shape index (κ3) is 3.74. The second-order valence-electron chi connectivity index (χ2n) is 5.93. The average molecular weight is 315 g/mol. The highest BCUT2D eigenvalue weighted by molar-refractivity contribution is 5.70. The number of carboxylic acids is 1. The van der Waals surface area contributed by atoms with Crippen LogP contribution in [0.15, 0.2) is 46.9 Å². The van der Waals surface area contributed by atoms with Gasteiger partial charge in [0.2, 0.25) is 0 Å². The van der Waals surface area contributed by atoms with Crippen LogP contribution in [0.4, 0.5) is 0 Å². The quantitative estimate of drug-likeness (QED) is 0.910. The minimum Gasteiger partial charge on any atom is -0.481 e. The third-order valence-electron chi connectivity index (χ3n) is 4.39. The van der Waals surface area contributed by atoms with E-state index in [-0.39, 0.29) is 12.0 Å². The van der Waals surface area contributed by atoms with Gasteiger partial charge >= 0.3 is 5.97 Å². The Morgan fingerprint density at radius 2 is 2.09 bits per heavy atom. The van der Waals surface area contributed by atoms with Gasteiger partial charge in [-0.05, 0) is 44.5 Å². The molecule has 1 aromatic carbocycles. The first-order valence-corrected chi connectivity index (χ1v) is 7.92. The highest BCUT2D eigenvalue weighted by Crippen LogP contribution is 2.28. The van der Waals surface area contributed by atoms with Gasteiger partial charge in [-0.1, -0.05) is 18.2 Å². The van der Waals surface area contributed by atoms with E-state index in [1.165, 1.54) is 0 Å². The molecular formula is C18H21NO4. The van der Waals surface area contributed by atoms with Gasteiger partial charge in [-0.3, -0.25) is 9.69 Å². The maximum Gasteiger partial charge on any atom is 0.308 e. The number of furan rings is 1. The van der Waals surface area contributed by atoms with Crippen molar-refractivity contribution in [2.45, 2.75) is 32.4 Å². The Labute approximate surface area is 135 Å². The van der Waals surface area contributed by atoms with Crippen LogP contribution in [-0.2, 0) is 11.3 Å². The van der Waals surface area contributed by atoms with Crippen molar-refractivity contribution >= 4 is 5.97 Å². The fourth-order valence-electron chi connectivity index (χ4n) is 3.07. The molecule has 5 heteroatoms. The molecule has 0 aliphatic carbocycles. The van der Waals surface area contributed by atoms with Crippen molar-refractivity contribution in [3.8, 4) is 11.7 Å². The number of piperidine rings is 1. The van der Waals surface area contributed by atoms with E-state index in [0.717, 1.165) is 30.9 Å². The smallest absolute Gasteiger partial charge is 0.308 e. The Kier molecular flexibility index (Phi) is 4.67. The van der Waals surface area contributed by atoms with Crippen molar-refractivity contribution in [2.24, 2.45) is 5.92 Å². The Balaban J connectivity index is 1.63. The van der Waals surface area contributed by atoms with Crippen LogP contribution >= 0.6 is 0 Å². The molecule has 0 unspecified atom stereocenters. The molecule has 1 aromatic heterocycles. The summed E-state index contributed by atoms with van der Waals surface area (Å²) in [5.74, 6) is 0.943. The van der Waals surface area contributed by atoms with Crippen molar-refractivity contribution < 1.29 is 19.1 Å². The van der Waals surface area contributed by atoms with Gasteiger partial charge in [0.15, 0.2) is 0 Å². The van der Waals surface area contributed by atoms with Crippen molar-refractivity contribution in [2.75, 3.05) is 6.54 Å². The summed E-state index contributed by atoms with van der Waals surface area (Å²) in [5.41, 5.74) is 0. The van der Waals surface area contributed by atoms with Crippen molar-refractivity contribution in [3.05, 3.63) is 48.2 Å². The largest absolute Gasteiger partial charge is 0.481 e. The first kappa shape index (κ1) is 15.6. The van der Waals surface area contributed by atoms with Crippen LogP contribution in [0.3, 0.4) is 0 Å².